The maximum atomic E-state index is 12.5. The van der Waals surface area contributed by atoms with Crippen LogP contribution >= 0.6 is 0 Å². The lowest BCUT2D eigenvalue weighted by Gasteiger charge is -2.15. The summed E-state index contributed by atoms with van der Waals surface area (Å²) in [6.45, 7) is 8.95. The summed E-state index contributed by atoms with van der Waals surface area (Å²) in [6, 6.07) is 4.10. The molecule has 0 saturated heterocycles. The van der Waals surface area contributed by atoms with Crippen LogP contribution in [-0.2, 0) is 10.0 Å². The van der Waals surface area contributed by atoms with Gasteiger partial charge in [0, 0.05) is 13.1 Å². The second-order valence-electron chi connectivity index (χ2n) is 6.37. The Hall–Kier alpha value is -1.60. The number of rotatable bonds is 9. The van der Waals surface area contributed by atoms with Crippen molar-refractivity contribution in [1.82, 2.24) is 4.72 Å². The molecule has 0 atom stereocenters. The average Bonchev–Trinajstić information content (AvgIpc) is 2.44. The van der Waals surface area contributed by atoms with Crippen molar-refractivity contribution in [3.05, 3.63) is 23.8 Å². The zero-order valence-corrected chi connectivity index (χ0v) is 14.9. The molecule has 1 aromatic rings. The third kappa shape index (κ3) is 6.19. The highest BCUT2D eigenvalue weighted by Gasteiger charge is 2.20. The summed E-state index contributed by atoms with van der Waals surface area (Å²) in [4.78, 5) is 11.1. The van der Waals surface area contributed by atoms with Gasteiger partial charge in [-0.05, 0) is 36.5 Å². The molecule has 1 aromatic carbocycles. The van der Waals surface area contributed by atoms with Crippen LogP contribution in [0, 0.1) is 11.8 Å². The summed E-state index contributed by atoms with van der Waals surface area (Å²) in [7, 11) is -3.77. The third-order valence-electron chi connectivity index (χ3n) is 3.23. The van der Waals surface area contributed by atoms with Crippen LogP contribution in [0.5, 0.6) is 0 Å². The lowest BCUT2D eigenvalue weighted by molar-refractivity contribution is 0.0696. The van der Waals surface area contributed by atoms with Gasteiger partial charge in [0.2, 0.25) is 10.0 Å². The Bertz CT molecular complexity index is 639. The van der Waals surface area contributed by atoms with E-state index in [9.17, 15) is 13.2 Å². The molecule has 0 spiro atoms. The summed E-state index contributed by atoms with van der Waals surface area (Å²) in [6.07, 6.45) is 0.715. The highest BCUT2D eigenvalue weighted by molar-refractivity contribution is 7.89. The minimum Gasteiger partial charge on any atom is -0.478 e. The SMILES string of the molecule is CC(C)CCNS(=O)(=O)c1cc(C(=O)O)ccc1NCC(C)C. The van der Waals surface area contributed by atoms with Crippen LogP contribution in [0.3, 0.4) is 0 Å². The van der Waals surface area contributed by atoms with E-state index in [4.69, 9.17) is 5.11 Å². The summed E-state index contributed by atoms with van der Waals surface area (Å²) < 4.78 is 27.6. The lowest BCUT2D eigenvalue weighted by atomic mass is 10.1. The molecule has 0 aromatic heterocycles. The van der Waals surface area contributed by atoms with Gasteiger partial charge in [-0.25, -0.2) is 17.9 Å². The molecule has 130 valence electrons. The van der Waals surface area contributed by atoms with Gasteiger partial charge in [0.1, 0.15) is 4.90 Å². The maximum Gasteiger partial charge on any atom is 0.335 e. The van der Waals surface area contributed by atoms with Crippen LogP contribution in [-0.4, -0.2) is 32.6 Å². The van der Waals surface area contributed by atoms with Crippen LogP contribution in [0.25, 0.3) is 0 Å². The molecule has 0 amide bonds. The highest BCUT2D eigenvalue weighted by Crippen LogP contribution is 2.23. The third-order valence-corrected chi connectivity index (χ3v) is 4.73. The Morgan fingerprint density at radius 3 is 2.35 bits per heavy atom. The highest BCUT2D eigenvalue weighted by atomic mass is 32.2. The molecule has 0 aliphatic rings. The predicted octanol–water partition coefficient (Wildman–Crippen LogP) is 2.78. The maximum absolute atomic E-state index is 12.5. The molecule has 23 heavy (non-hydrogen) atoms. The molecule has 0 unspecified atom stereocenters. The van der Waals surface area contributed by atoms with Crippen molar-refractivity contribution in [2.45, 2.75) is 39.0 Å². The first-order valence-corrected chi connectivity index (χ1v) is 9.22. The molecule has 7 heteroatoms. The Kier molecular flexibility index (Phi) is 7.02. The number of hydrogen-bond donors (Lipinski definition) is 3. The summed E-state index contributed by atoms with van der Waals surface area (Å²) in [5, 5.41) is 12.2. The van der Waals surface area contributed by atoms with Gasteiger partial charge >= 0.3 is 5.97 Å². The van der Waals surface area contributed by atoms with Crippen molar-refractivity contribution < 1.29 is 18.3 Å². The summed E-state index contributed by atoms with van der Waals surface area (Å²) in [5.41, 5.74) is 0.366. The predicted molar refractivity (Wildman–Crippen MR) is 91.4 cm³/mol. The number of nitrogens with one attached hydrogen (secondary N) is 2. The van der Waals surface area contributed by atoms with Gasteiger partial charge in [0.15, 0.2) is 0 Å². The standard InChI is InChI=1S/C16H26N2O4S/c1-11(2)7-8-18-23(21,22)15-9-13(16(19)20)5-6-14(15)17-10-12(3)4/h5-6,9,11-12,17-18H,7-8,10H2,1-4H3,(H,19,20). The van der Waals surface area contributed by atoms with Gasteiger partial charge in [0.05, 0.1) is 11.3 Å². The van der Waals surface area contributed by atoms with Gasteiger partial charge in [0.25, 0.3) is 0 Å². The smallest absolute Gasteiger partial charge is 0.335 e. The van der Waals surface area contributed by atoms with E-state index in [1.165, 1.54) is 18.2 Å². The van der Waals surface area contributed by atoms with Crippen molar-refractivity contribution in [3.63, 3.8) is 0 Å². The zero-order valence-electron chi connectivity index (χ0n) is 14.1. The van der Waals surface area contributed by atoms with E-state index < -0.39 is 16.0 Å². The molecule has 0 aliphatic heterocycles. The molecule has 0 radical (unpaired) electrons. The molecule has 0 heterocycles. The zero-order chi connectivity index (χ0) is 17.6. The average molecular weight is 342 g/mol. The fourth-order valence-electron chi connectivity index (χ4n) is 1.90. The van der Waals surface area contributed by atoms with Crippen molar-refractivity contribution in [2.75, 3.05) is 18.4 Å². The number of hydrogen-bond acceptors (Lipinski definition) is 4. The fraction of sp³-hybridized carbons (Fsp3) is 0.562. The van der Waals surface area contributed by atoms with Crippen molar-refractivity contribution in [2.24, 2.45) is 11.8 Å². The van der Waals surface area contributed by atoms with E-state index in [0.29, 0.717) is 37.0 Å². The first-order valence-electron chi connectivity index (χ1n) is 7.74. The molecule has 6 nitrogen and oxygen atoms in total. The quantitative estimate of drug-likeness (QED) is 0.641. The number of sulfonamides is 1. The summed E-state index contributed by atoms with van der Waals surface area (Å²) in [5.74, 6) is -0.445. The number of anilines is 1. The molecule has 0 fully saturated rings. The minimum absolute atomic E-state index is 0.0261. The van der Waals surface area contributed by atoms with Gasteiger partial charge in [-0.2, -0.15) is 0 Å². The van der Waals surface area contributed by atoms with Gasteiger partial charge in [-0.3, -0.25) is 0 Å². The Morgan fingerprint density at radius 1 is 1.17 bits per heavy atom. The van der Waals surface area contributed by atoms with Crippen LogP contribution in [0.4, 0.5) is 5.69 Å². The first kappa shape index (κ1) is 19.4. The largest absolute Gasteiger partial charge is 0.478 e. The normalized spacial score (nSPS) is 11.9. The van der Waals surface area contributed by atoms with Crippen molar-refractivity contribution >= 4 is 21.7 Å². The van der Waals surface area contributed by atoms with Gasteiger partial charge < -0.3 is 10.4 Å². The second kappa shape index (κ2) is 8.31. The Morgan fingerprint density at radius 2 is 1.83 bits per heavy atom. The number of benzene rings is 1. The lowest BCUT2D eigenvalue weighted by Crippen LogP contribution is -2.27. The van der Waals surface area contributed by atoms with Gasteiger partial charge in [-0.15, -0.1) is 0 Å². The van der Waals surface area contributed by atoms with E-state index >= 15 is 0 Å². The first-order chi connectivity index (χ1) is 10.6. The van der Waals surface area contributed by atoms with Crippen molar-refractivity contribution in [1.29, 1.82) is 0 Å². The molecular formula is C16H26N2O4S. The molecule has 1 rings (SSSR count). The van der Waals surface area contributed by atoms with Crippen molar-refractivity contribution in [3.8, 4) is 0 Å². The molecule has 0 bridgehead atoms. The number of carboxylic acid groups (broad SMARTS) is 1. The summed E-state index contributed by atoms with van der Waals surface area (Å²) >= 11 is 0. The molecule has 0 saturated carbocycles. The van der Waals surface area contributed by atoms with Crippen LogP contribution in [0.15, 0.2) is 23.1 Å². The van der Waals surface area contributed by atoms with E-state index in [1.807, 2.05) is 27.7 Å². The molecule has 0 aliphatic carbocycles. The Balaban J connectivity index is 3.11. The fourth-order valence-corrected chi connectivity index (χ4v) is 3.15. The minimum atomic E-state index is -3.77. The topological polar surface area (TPSA) is 95.5 Å². The van der Waals surface area contributed by atoms with Gasteiger partial charge in [-0.1, -0.05) is 27.7 Å². The number of carbonyl (C=O) groups is 1. The van der Waals surface area contributed by atoms with E-state index in [0.717, 1.165) is 0 Å². The van der Waals surface area contributed by atoms with E-state index in [1.54, 1.807) is 0 Å². The monoisotopic (exact) mass is 342 g/mol. The molecule has 3 N–H and O–H groups in total. The van der Waals surface area contributed by atoms with Crippen LogP contribution in [0.1, 0.15) is 44.5 Å². The Labute approximate surface area is 138 Å². The van der Waals surface area contributed by atoms with Crippen LogP contribution < -0.4 is 10.0 Å². The second-order valence-corrected chi connectivity index (χ2v) is 8.11. The number of aromatic carboxylic acids is 1. The molecular weight excluding hydrogens is 316 g/mol. The number of carboxylic acids is 1. The van der Waals surface area contributed by atoms with Crippen LogP contribution in [0.2, 0.25) is 0 Å². The van der Waals surface area contributed by atoms with E-state index in [-0.39, 0.29) is 10.5 Å². The van der Waals surface area contributed by atoms with E-state index in [2.05, 4.69) is 10.0 Å².